The fourth-order valence-corrected chi connectivity index (χ4v) is 1.53. The summed E-state index contributed by atoms with van der Waals surface area (Å²) in [7, 11) is 0. The molecule has 2 N–H and O–H groups in total. The van der Waals surface area contributed by atoms with Gasteiger partial charge in [-0.3, -0.25) is 4.79 Å². The highest BCUT2D eigenvalue weighted by molar-refractivity contribution is 5.95. The van der Waals surface area contributed by atoms with Gasteiger partial charge in [-0.05, 0) is 38.0 Å². The molecule has 1 aromatic rings. The highest BCUT2D eigenvalue weighted by Gasteiger charge is 2.13. The molecule has 0 radical (unpaired) electrons. The lowest BCUT2D eigenvalue weighted by Crippen LogP contribution is -2.26. The summed E-state index contributed by atoms with van der Waals surface area (Å²) >= 11 is 0. The van der Waals surface area contributed by atoms with Crippen LogP contribution >= 0.6 is 0 Å². The van der Waals surface area contributed by atoms with E-state index in [1.807, 2.05) is 13.8 Å². The van der Waals surface area contributed by atoms with Crippen molar-refractivity contribution in [3.05, 3.63) is 29.3 Å². The van der Waals surface area contributed by atoms with Crippen molar-refractivity contribution in [2.45, 2.75) is 26.8 Å². The third-order valence-electron chi connectivity index (χ3n) is 3.07. The second-order valence-electron chi connectivity index (χ2n) is 4.52. The molecule has 4 heteroatoms. The number of carbonyl (C=O) groups is 1. The van der Waals surface area contributed by atoms with Gasteiger partial charge in [0.05, 0.1) is 11.3 Å². The van der Waals surface area contributed by atoms with Gasteiger partial charge in [-0.1, -0.05) is 6.92 Å². The number of aliphatic hydroxyl groups excluding tert-OH is 1. The lowest BCUT2D eigenvalue weighted by atomic mass is 10.0. The van der Waals surface area contributed by atoms with Crippen molar-refractivity contribution in [1.82, 2.24) is 0 Å². The van der Waals surface area contributed by atoms with Gasteiger partial charge in [0, 0.05) is 18.2 Å². The summed E-state index contributed by atoms with van der Waals surface area (Å²) in [6.45, 7) is 5.41. The molecule has 0 aliphatic heterocycles. The number of nitriles is 1. The molecule has 0 aliphatic carbocycles. The molecule has 18 heavy (non-hydrogen) atoms. The second kappa shape index (κ2) is 6.18. The summed E-state index contributed by atoms with van der Waals surface area (Å²) < 4.78 is 0. The Labute approximate surface area is 107 Å². The largest absolute Gasteiger partial charge is 0.396 e. The van der Waals surface area contributed by atoms with Crippen molar-refractivity contribution >= 4 is 11.5 Å². The van der Waals surface area contributed by atoms with Gasteiger partial charge in [-0.2, -0.15) is 5.26 Å². The minimum atomic E-state index is -0.0367. The lowest BCUT2D eigenvalue weighted by molar-refractivity contribution is 0.101. The molecule has 1 aromatic carbocycles. The van der Waals surface area contributed by atoms with Crippen molar-refractivity contribution < 1.29 is 9.90 Å². The molecule has 4 nitrogen and oxygen atoms in total. The van der Waals surface area contributed by atoms with Crippen LogP contribution in [-0.4, -0.2) is 23.5 Å². The van der Waals surface area contributed by atoms with Crippen LogP contribution in [0.15, 0.2) is 18.2 Å². The van der Waals surface area contributed by atoms with Gasteiger partial charge in [0.1, 0.15) is 6.07 Å². The van der Waals surface area contributed by atoms with Crippen LogP contribution in [0.3, 0.4) is 0 Å². The summed E-state index contributed by atoms with van der Waals surface area (Å²) in [5, 5.41) is 21.3. The number of Topliss-reactive ketones (excluding diaryl/α,β-unsaturated/α-hetero) is 1. The fourth-order valence-electron chi connectivity index (χ4n) is 1.53. The van der Waals surface area contributed by atoms with Crippen LogP contribution in [0.4, 0.5) is 5.69 Å². The van der Waals surface area contributed by atoms with Crippen molar-refractivity contribution in [2.24, 2.45) is 5.92 Å². The minimum Gasteiger partial charge on any atom is -0.396 e. The van der Waals surface area contributed by atoms with E-state index in [2.05, 4.69) is 11.4 Å². The molecular formula is C14H18N2O2. The molecule has 0 amide bonds. The third kappa shape index (κ3) is 3.31. The number of aliphatic hydroxyl groups is 1. The van der Waals surface area contributed by atoms with Gasteiger partial charge in [0.15, 0.2) is 5.78 Å². The first-order chi connectivity index (χ1) is 8.49. The summed E-state index contributed by atoms with van der Waals surface area (Å²) in [5.41, 5.74) is 1.70. The lowest BCUT2D eigenvalue weighted by Gasteiger charge is -2.21. The van der Waals surface area contributed by atoms with Gasteiger partial charge in [-0.25, -0.2) is 0 Å². The third-order valence-corrected chi connectivity index (χ3v) is 3.07. The van der Waals surface area contributed by atoms with Crippen LogP contribution in [-0.2, 0) is 0 Å². The average Bonchev–Trinajstić information content (AvgIpc) is 2.37. The molecule has 96 valence electrons. The number of rotatable bonds is 5. The summed E-state index contributed by atoms with van der Waals surface area (Å²) in [5.74, 6) is 0.0305. The van der Waals surface area contributed by atoms with Gasteiger partial charge in [-0.15, -0.1) is 0 Å². The normalized spacial score (nSPS) is 13.5. The zero-order valence-electron chi connectivity index (χ0n) is 10.9. The number of nitrogens with one attached hydrogen (secondary N) is 1. The summed E-state index contributed by atoms with van der Waals surface area (Å²) in [6, 6.07) is 7.07. The smallest absolute Gasteiger partial charge is 0.159 e. The quantitative estimate of drug-likeness (QED) is 0.781. The number of hydrogen-bond donors (Lipinski definition) is 2. The van der Waals surface area contributed by atoms with Crippen molar-refractivity contribution in [3.63, 3.8) is 0 Å². The average molecular weight is 246 g/mol. The SMILES string of the molecule is CC(=O)c1ccc(C#N)c(NC(C)C(C)CO)c1. The fraction of sp³-hybridized carbons (Fsp3) is 0.429. The summed E-state index contributed by atoms with van der Waals surface area (Å²) in [4.78, 5) is 11.3. The molecule has 0 saturated carbocycles. The number of benzene rings is 1. The molecule has 0 bridgehead atoms. The maximum absolute atomic E-state index is 11.3. The summed E-state index contributed by atoms with van der Waals surface area (Å²) in [6.07, 6.45) is 0. The molecular weight excluding hydrogens is 228 g/mol. The van der Waals surface area contributed by atoms with Crippen molar-refractivity contribution in [2.75, 3.05) is 11.9 Å². The van der Waals surface area contributed by atoms with E-state index in [-0.39, 0.29) is 24.3 Å². The van der Waals surface area contributed by atoms with E-state index in [0.29, 0.717) is 16.8 Å². The van der Waals surface area contributed by atoms with E-state index in [1.165, 1.54) is 6.92 Å². The Kier molecular flexibility index (Phi) is 4.87. The van der Waals surface area contributed by atoms with Crippen molar-refractivity contribution in [1.29, 1.82) is 5.26 Å². The Morgan fingerprint density at radius 2 is 2.17 bits per heavy atom. The number of carbonyl (C=O) groups excluding carboxylic acids is 1. The molecule has 2 unspecified atom stereocenters. The highest BCUT2D eigenvalue weighted by Crippen LogP contribution is 2.20. The number of ketones is 1. The van der Waals surface area contributed by atoms with Crippen LogP contribution in [0, 0.1) is 17.2 Å². The first-order valence-electron chi connectivity index (χ1n) is 5.92. The Morgan fingerprint density at radius 3 is 2.67 bits per heavy atom. The maximum atomic E-state index is 11.3. The molecule has 0 spiro atoms. The second-order valence-corrected chi connectivity index (χ2v) is 4.52. The zero-order valence-corrected chi connectivity index (χ0v) is 10.9. The van der Waals surface area contributed by atoms with Crippen LogP contribution in [0.25, 0.3) is 0 Å². The molecule has 0 saturated heterocycles. The Balaban J connectivity index is 3.02. The Hall–Kier alpha value is -1.86. The van der Waals surface area contributed by atoms with Crippen molar-refractivity contribution in [3.8, 4) is 6.07 Å². The molecule has 0 heterocycles. The van der Waals surface area contributed by atoms with Crippen LogP contribution < -0.4 is 5.32 Å². The van der Waals surface area contributed by atoms with Crippen LogP contribution in [0.5, 0.6) is 0 Å². The minimum absolute atomic E-state index is 0.0179. The predicted octanol–water partition coefficient (Wildman–Crippen LogP) is 2.19. The van der Waals surface area contributed by atoms with Gasteiger partial charge in [0.2, 0.25) is 0 Å². The zero-order chi connectivity index (χ0) is 13.7. The number of anilines is 1. The van der Waals surface area contributed by atoms with E-state index in [1.54, 1.807) is 18.2 Å². The highest BCUT2D eigenvalue weighted by atomic mass is 16.3. The first-order valence-corrected chi connectivity index (χ1v) is 5.92. The van der Waals surface area contributed by atoms with Gasteiger partial charge in [0.25, 0.3) is 0 Å². The van der Waals surface area contributed by atoms with E-state index in [0.717, 1.165) is 0 Å². The molecule has 0 aromatic heterocycles. The van der Waals surface area contributed by atoms with E-state index in [4.69, 9.17) is 10.4 Å². The molecule has 0 fully saturated rings. The van der Waals surface area contributed by atoms with E-state index < -0.39 is 0 Å². The van der Waals surface area contributed by atoms with Gasteiger partial charge >= 0.3 is 0 Å². The topological polar surface area (TPSA) is 73.1 Å². The molecule has 1 rings (SSSR count). The standard InChI is InChI=1S/C14H18N2O2/c1-9(8-17)10(2)16-14-6-12(11(3)18)4-5-13(14)7-15/h4-6,9-10,16-17H,8H2,1-3H3. The van der Waals surface area contributed by atoms with Crippen LogP contribution in [0.1, 0.15) is 36.7 Å². The Morgan fingerprint density at radius 1 is 1.50 bits per heavy atom. The predicted molar refractivity (Wildman–Crippen MR) is 70.5 cm³/mol. The van der Waals surface area contributed by atoms with E-state index in [9.17, 15) is 4.79 Å². The molecule has 2 atom stereocenters. The first kappa shape index (κ1) is 14.2. The monoisotopic (exact) mass is 246 g/mol. The van der Waals surface area contributed by atoms with E-state index >= 15 is 0 Å². The number of nitrogens with zero attached hydrogens (tertiary/aromatic N) is 1. The van der Waals surface area contributed by atoms with Gasteiger partial charge < -0.3 is 10.4 Å². The number of hydrogen-bond acceptors (Lipinski definition) is 4. The van der Waals surface area contributed by atoms with Crippen LogP contribution in [0.2, 0.25) is 0 Å². The maximum Gasteiger partial charge on any atom is 0.159 e. The molecule has 0 aliphatic rings. The Bertz CT molecular complexity index is 477.